The molecule has 0 spiro atoms. The topological polar surface area (TPSA) is 52.6 Å². The van der Waals surface area contributed by atoms with Crippen molar-refractivity contribution >= 4 is 11.9 Å². The molecule has 1 aromatic carbocycles. The van der Waals surface area contributed by atoms with Crippen LogP contribution in [-0.4, -0.2) is 11.9 Å². The van der Waals surface area contributed by atoms with Crippen molar-refractivity contribution < 1.29 is 19.1 Å². The third-order valence-electron chi connectivity index (χ3n) is 6.15. The van der Waals surface area contributed by atoms with Crippen molar-refractivity contribution in [3.05, 3.63) is 23.8 Å². The Kier molecular flexibility index (Phi) is 16.4. The predicted molar refractivity (Wildman–Crippen MR) is 141 cm³/mol. The van der Waals surface area contributed by atoms with Gasteiger partial charge in [-0.2, -0.15) is 0 Å². The summed E-state index contributed by atoms with van der Waals surface area (Å²) in [5.74, 6) is 1.14. The monoisotopic (exact) mass is 474 g/mol. The van der Waals surface area contributed by atoms with E-state index >= 15 is 0 Å². The van der Waals surface area contributed by atoms with E-state index in [-0.39, 0.29) is 11.9 Å². The fourth-order valence-electron chi connectivity index (χ4n) is 3.91. The molecule has 0 aliphatic rings. The standard InChI is InChI=1S/C30H50O4/c1-6-7-8-9-10-11-12-13-14-15-17-26-18-16-19-27(33-28(31)22-20-24(2)3)30(26)34-29(32)23-21-25(4)5/h16,18-19,24-25H,6-15,17,20-23H2,1-5H3. The Morgan fingerprint density at radius 2 is 1.21 bits per heavy atom. The minimum Gasteiger partial charge on any atom is -0.423 e. The minimum absolute atomic E-state index is 0.260. The smallest absolute Gasteiger partial charge is 0.311 e. The summed E-state index contributed by atoms with van der Waals surface area (Å²) in [7, 11) is 0. The van der Waals surface area contributed by atoms with Crippen LogP contribution in [0.2, 0.25) is 0 Å². The van der Waals surface area contributed by atoms with Crippen molar-refractivity contribution in [2.24, 2.45) is 11.8 Å². The van der Waals surface area contributed by atoms with Crippen LogP contribution in [0.5, 0.6) is 11.5 Å². The molecule has 1 rings (SSSR count). The third kappa shape index (κ3) is 14.4. The molecule has 4 nitrogen and oxygen atoms in total. The first-order valence-corrected chi connectivity index (χ1v) is 13.9. The molecule has 0 amide bonds. The third-order valence-corrected chi connectivity index (χ3v) is 6.15. The van der Waals surface area contributed by atoms with Crippen molar-refractivity contribution in [1.82, 2.24) is 0 Å². The molecular formula is C30H50O4. The fraction of sp³-hybridized carbons (Fsp3) is 0.733. The predicted octanol–water partition coefficient (Wildman–Crippen LogP) is 8.83. The first kappa shape index (κ1) is 30.2. The summed E-state index contributed by atoms with van der Waals surface area (Å²) < 4.78 is 11.4. The number of benzene rings is 1. The number of para-hydroxylation sites is 1. The second kappa shape index (κ2) is 18.5. The van der Waals surface area contributed by atoms with Crippen LogP contribution >= 0.6 is 0 Å². The van der Waals surface area contributed by atoms with Gasteiger partial charge in [0.05, 0.1) is 0 Å². The number of carbonyl (C=O) groups excluding carboxylic acids is 2. The molecule has 0 aliphatic heterocycles. The maximum Gasteiger partial charge on any atom is 0.311 e. The summed E-state index contributed by atoms with van der Waals surface area (Å²) in [6, 6.07) is 5.62. The molecule has 34 heavy (non-hydrogen) atoms. The highest BCUT2D eigenvalue weighted by molar-refractivity contribution is 5.76. The van der Waals surface area contributed by atoms with Gasteiger partial charge in [-0.05, 0) is 49.1 Å². The molecule has 4 heteroatoms. The van der Waals surface area contributed by atoms with Crippen LogP contribution in [0.4, 0.5) is 0 Å². The average molecular weight is 475 g/mol. The molecule has 1 aromatic rings. The first-order valence-electron chi connectivity index (χ1n) is 13.9. The van der Waals surface area contributed by atoms with Gasteiger partial charge in [-0.25, -0.2) is 0 Å². The summed E-state index contributed by atoms with van der Waals surface area (Å²) >= 11 is 0. The second-order valence-electron chi connectivity index (χ2n) is 10.5. The lowest BCUT2D eigenvalue weighted by atomic mass is 10.0. The molecule has 0 fully saturated rings. The van der Waals surface area contributed by atoms with Crippen LogP contribution in [0.1, 0.15) is 130 Å². The zero-order valence-corrected chi connectivity index (χ0v) is 22.6. The molecular weight excluding hydrogens is 424 g/mol. The Bertz CT molecular complexity index is 693. The number of hydrogen-bond donors (Lipinski definition) is 0. The van der Waals surface area contributed by atoms with Gasteiger partial charge in [-0.3, -0.25) is 9.59 Å². The Morgan fingerprint density at radius 3 is 1.74 bits per heavy atom. The largest absolute Gasteiger partial charge is 0.423 e. The molecule has 0 aromatic heterocycles. The van der Waals surface area contributed by atoms with Crippen molar-refractivity contribution in [1.29, 1.82) is 0 Å². The summed E-state index contributed by atoms with van der Waals surface area (Å²) in [6.07, 6.45) is 15.9. The molecule has 0 aliphatic carbocycles. The minimum atomic E-state index is -0.274. The highest BCUT2D eigenvalue weighted by atomic mass is 16.6. The lowest BCUT2D eigenvalue weighted by Gasteiger charge is -2.15. The van der Waals surface area contributed by atoms with Crippen LogP contribution in [-0.2, 0) is 16.0 Å². The fourth-order valence-corrected chi connectivity index (χ4v) is 3.91. The van der Waals surface area contributed by atoms with Gasteiger partial charge in [0.25, 0.3) is 0 Å². The van der Waals surface area contributed by atoms with Crippen LogP contribution in [0.25, 0.3) is 0 Å². The number of hydrogen-bond acceptors (Lipinski definition) is 4. The molecule has 0 saturated carbocycles. The van der Waals surface area contributed by atoms with Crippen LogP contribution in [0.3, 0.4) is 0 Å². The Hall–Kier alpha value is -1.84. The SMILES string of the molecule is CCCCCCCCCCCCc1cccc(OC(=O)CCC(C)C)c1OC(=O)CCC(C)C. The highest BCUT2D eigenvalue weighted by Crippen LogP contribution is 2.33. The van der Waals surface area contributed by atoms with Crippen molar-refractivity contribution in [2.75, 3.05) is 0 Å². The van der Waals surface area contributed by atoms with E-state index in [1.807, 2.05) is 12.1 Å². The van der Waals surface area contributed by atoms with Gasteiger partial charge < -0.3 is 9.47 Å². The normalized spacial score (nSPS) is 11.3. The molecule has 0 heterocycles. The maximum atomic E-state index is 12.5. The Balaban J connectivity index is 2.66. The Morgan fingerprint density at radius 1 is 0.706 bits per heavy atom. The van der Waals surface area contributed by atoms with Crippen molar-refractivity contribution in [3.63, 3.8) is 0 Å². The van der Waals surface area contributed by atoms with E-state index in [1.165, 1.54) is 51.4 Å². The highest BCUT2D eigenvalue weighted by Gasteiger charge is 2.18. The average Bonchev–Trinajstić information content (AvgIpc) is 2.79. The van der Waals surface area contributed by atoms with Crippen molar-refractivity contribution in [3.8, 4) is 11.5 Å². The molecule has 0 saturated heterocycles. The van der Waals surface area contributed by atoms with Gasteiger partial charge in [0, 0.05) is 12.8 Å². The van der Waals surface area contributed by atoms with E-state index in [2.05, 4.69) is 34.6 Å². The van der Waals surface area contributed by atoms with Gasteiger partial charge in [-0.15, -0.1) is 0 Å². The van der Waals surface area contributed by atoms with Crippen LogP contribution in [0, 0.1) is 11.8 Å². The summed E-state index contributed by atoms with van der Waals surface area (Å²) in [4.78, 5) is 24.9. The summed E-state index contributed by atoms with van der Waals surface area (Å²) in [6.45, 7) is 10.6. The number of aryl methyl sites for hydroxylation is 1. The number of unbranched alkanes of at least 4 members (excludes halogenated alkanes) is 9. The van der Waals surface area contributed by atoms with E-state index in [4.69, 9.17) is 9.47 Å². The van der Waals surface area contributed by atoms with Crippen molar-refractivity contribution in [2.45, 2.75) is 131 Å². The first-order chi connectivity index (χ1) is 16.3. The van der Waals surface area contributed by atoms with E-state index in [1.54, 1.807) is 6.07 Å². The maximum absolute atomic E-state index is 12.5. The number of esters is 2. The van der Waals surface area contributed by atoms with E-state index < -0.39 is 0 Å². The van der Waals surface area contributed by atoms with Crippen LogP contribution < -0.4 is 9.47 Å². The molecule has 0 bridgehead atoms. The van der Waals surface area contributed by atoms with Crippen LogP contribution in [0.15, 0.2) is 18.2 Å². The molecule has 0 atom stereocenters. The summed E-state index contributed by atoms with van der Waals surface area (Å²) in [5, 5.41) is 0. The number of rotatable bonds is 19. The zero-order valence-electron chi connectivity index (χ0n) is 22.6. The van der Waals surface area contributed by atoms with E-state index in [0.717, 1.165) is 37.7 Å². The van der Waals surface area contributed by atoms with Gasteiger partial charge in [0.2, 0.25) is 0 Å². The quantitative estimate of drug-likeness (QED) is 0.114. The Labute approximate surface area is 209 Å². The van der Waals surface area contributed by atoms with Gasteiger partial charge in [-0.1, -0.05) is 105 Å². The molecule has 0 N–H and O–H groups in total. The number of carbonyl (C=O) groups is 2. The van der Waals surface area contributed by atoms with E-state index in [0.29, 0.717) is 36.2 Å². The van der Waals surface area contributed by atoms with Gasteiger partial charge in [0.15, 0.2) is 11.5 Å². The summed E-state index contributed by atoms with van der Waals surface area (Å²) in [5.41, 5.74) is 0.951. The second-order valence-corrected chi connectivity index (χ2v) is 10.5. The van der Waals surface area contributed by atoms with E-state index in [9.17, 15) is 9.59 Å². The molecule has 194 valence electrons. The zero-order chi connectivity index (χ0) is 25.2. The van der Waals surface area contributed by atoms with Gasteiger partial charge in [0.1, 0.15) is 0 Å². The molecule has 0 unspecified atom stereocenters. The molecule has 0 radical (unpaired) electrons. The lowest BCUT2D eigenvalue weighted by molar-refractivity contribution is -0.137. The lowest BCUT2D eigenvalue weighted by Crippen LogP contribution is -2.14. The number of ether oxygens (including phenoxy) is 2. The van der Waals surface area contributed by atoms with Gasteiger partial charge >= 0.3 is 11.9 Å².